The van der Waals surface area contributed by atoms with E-state index in [-0.39, 0.29) is 5.91 Å². The molecule has 2 aliphatic rings. The van der Waals surface area contributed by atoms with Gasteiger partial charge in [-0.2, -0.15) is 0 Å². The summed E-state index contributed by atoms with van der Waals surface area (Å²) < 4.78 is 0. The minimum absolute atomic E-state index is 0.174. The molecule has 1 heterocycles. The van der Waals surface area contributed by atoms with Gasteiger partial charge in [0.2, 0.25) is 5.91 Å². The second-order valence-electron chi connectivity index (χ2n) is 3.49. The zero-order valence-corrected chi connectivity index (χ0v) is 7.79. The molecule has 0 unspecified atom stereocenters. The van der Waals surface area contributed by atoms with Crippen LogP contribution in [0.5, 0.6) is 0 Å². The lowest BCUT2D eigenvalue weighted by Gasteiger charge is -2.11. The Morgan fingerprint density at radius 2 is 2.15 bits per heavy atom. The van der Waals surface area contributed by atoms with Gasteiger partial charge in [-0.05, 0) is 30.1 Å². The second-order valence-corrected chi connectivity index (χ2v) is 3.49. The summed E-state index contributed by atoms with van der Waals surface area (Å²) in [6.45, 7) is 0. The van der Waals surface area contributed by atoms with Crippen molar-refractivity contribution in [3.05, 3.63) is 35.6 Å². The molecule has 2 nitrogen and oxygen atoms in total. The third kappa shape index (κ3) is 1.57. The number of carbonyl (C=O) groups excluding carboxylic acids is 1. The monoisotopic (exact) mass is 175 g/mol. The first-order valence-corrected chi connectivity index (χ1v) is 4.60. The van der Waals surface area contributed by atoms with Crippen molar-refractivity contribution in [1.82, 2.24) is 4.90 Å². The lowest BCUT2D eigenvalue weighted by molar-refractivity contribution is -0.126. The van der Waals surface area contributed by atoms with Crippen molar-refractivity contribution in [2.24, 2.45) is 0 Å². The third-order valence-electron chi connectivity index (χ3n) is 2.55. The largest absolute Gasteiger partial charge is 0.322 e. The fourth-order valence-electron chi connectivity index (χ4n) is 1.67. The summed E-state index contributed by atoms with van der Waals surface area (Å²) in [6, 6.07) is 0. The van der Waals surface area contributed by atoms with E-state index in [2.05, 4.69) is 18.2 Å². The molecule has 0 radical (unpaired) electrons. The summed E-state index contributed by atoms with van der Waals surface area (Å²) in [7, 11) is 1.81. The van der Waals surface area contributed by atoms with Gasteiger partial charge in [-0.1, -0.05) is 12.2 Å². The van der Waals surface area contributed by atoms with Crippen LogP contribution in [0.2, 0.25) is 0 Å². The zero-order valence-electron chi connectivity index (χ0n) is 7.79. The van der Waals surface area contributed by atoms with Gasteiger partial charge in [0.1, 0.15) is 0 Å². The molecule has 2 rings (SSSR count). The molecule has 0 atom stereocenters. The zero-order chi connectivity index (χ0) is 9.26. The number of rotatable bonds is 0. The quantitative estimate of drug-likeness (QED) is 0.551. The van der Waals surface area contributed by atoms with Gasteiger partial charge in [-0.15, -0.1) is 0 Å². The van der Waals surface area contributed by atoms with Crippen LogP contribution >= 0.6 is 0 Å². The topological polar surface area (TPSA) is 20.3 Å². The van der Waals surface area contributed by atoms with E-state index >= 15 is 0 Å². The Hall–Kier alpha value is -1.31. The molecule has 68 valence electrons. The predicted molar refractivity (Wildman–Crippen MR) is 51.9 cm³/mol. The average Bonchev–Trinajstić information content (AvgIpc) is 2.28. The molecule has 0 saturated heterocycles. The van der Waals surface area contributed by atoms with Crippen LogP contribution in [0.15, 0.2) is 35.6 Å². The maximum Gasteiger partial charge on any atom is 0.230 e. The van der Waals surface area contributed by atoms with Crippen LogP contribution < -0.4 is 0 Å². The van der Waals surface area contributed by atoms with Gasteiger partial charge in [-0.3, -0.25) is 4.79 Å². The van der Waals surface area contributed by atoms with Crippen LogP contribution in [-0.4, -0.2) is 17.9 Å². The maximum absolute atomic E-state index is 11.5. The lowest BCUT2D eigenvalue weighted by Crippen LogP contribution is -2.19. The number of hydrogen-bond acceptors (Lipinski definition) is 1. The Bertz CT molecular complexity index is 323. The van der Waals surface area contributed by atoms with Crippen molar-refractivity contribution < 1.29 is 4.79 Å². The normalized spacial score (nSPS) is 21.9. The molecule has 1 amide bonds. The second kappa shape index (κ2) is 3.21. The summed E-state index contributed by atoms with van der Waals surface area (Å²) in [5.41, 5.74) is 2.51. The van der Waals surface area contributed by atoms with Gasteiger partial charge >= 0.3 is 0 Å². The van der Waals surface area contributed by atoms with Gasteiger partial charge in [-0.25, -0.2) is 0 Å². The number of carbonyl (C=O) groups is 1. The van der Waals surface area contributed by atoms with E-state index in [1.165, 1.54) is 11.1 Å². The first-order valence-electron chi connectivity index (χ1n) is 4.60. The highest BCUT2D eigenvalue weighted by molar-refractivity contribution is 5.81. The SMILES string of the molecule is CN1C=CC2=C(C=CCC2)CC1=O. The smallest absolute Gasteiger partial charge is 0.230 e. The van der Waals surface area contributed by atoms with Gasteiger partial charge in [0, 0.05) is 13.2 Å². The van der Waals surface area contributed by atoms with E-state index in [1.807, 2.05) is 6.20 Å². The Morgan fingerprint density at radius 1 is 1.31 bits per heavy atom. The number of amides is 1. The van der Waals surface area contributed by atoms with Gasteiger partial charge in [0.05, 0.1) is 6.42 Å². The van der Waals surface area contributed by atoms with E-state index in [1.54, 1.807) is 11.9 Å². The van der Waals surface area contributed by atoms with E-state index in [0.29, 0.717) is 6.42 Å². The lowest BCUT2D eigenvalue weighted by atomic mass is 9.96. The van der Waals surface area contributed by atoms with E-state index in [0.717, 1.165) is 12.8 Å². The Kier molecular flexibility index (Phi) is 2.05. The molecule has 2 heteroatoms. The van der Waals surface area contributed by atoms with Crippen LogP contribution in [0.25, 0.3) is 0 Å². The molecule has 1 aliphatic heterocycles. The van der Waals surface area contributed by atoms with Crippen molar-refractivity contribution in [2.45, 2.75) is 19.3 Å². The summed E-state index contributed by atoms with van der Waals surface area (Å²) in [5.74, 6) is 0.174. The standard InChI is InChI=1S/C11H13NO/c1-12-7-6-9-4-2-3-5-10(9)8-11(12)13/h3,5-7H,2,4,8H2,1H3. The molecule has 0 aromatic heterocycles. The van der Waals surface area contributed by atoms with Crippen molar-refractivity contribution >= 4 is 5.91 Å². The number of nitrogens with zero attached hydrogens (tertiary/aromatic N) is 1. The first-order chi connectivity index (χ1) is 6.27. The first kappa shape index (κ1) is 8.30. The summed E-state index contributed by atoms with van der Waals surface area (Å²) >= 11 is 0. The average molecular weight is 175 g/mol. The van der Waals surface area contributed by atoms with Crippen LogP contribution in [0.3, 0.4) is 0 Å². The number of hydrogen-bond donors (Lipinski definition) is 0. The maximum atomic E-state index is 11.5. The molecular formula is C11H13NO. The minimum atomic E-state index is 0.174. The summed E-state index contributed by atoms with van der Waals surface area (Å²) in [6.07, 6.45) is 10.9. The Labute approximate surface area is 78.2 Å². The highest BCUT2D eigenvalue weighted by Crippen LogP contribution is 2.25. The van der Waals surface area contributed by atoms with Crippen LogP contribution in [0, 0.1) is 0 Å². The molecule has 1 aliphatic carbocycles. The van der Waals surface area contributed by atoms with Gasteiger partial charge in [0.15, 0.2) is 0 Å². The van der Waals surface area contributed by atoms with Crippen molar-refractivity contribution in [3.63, 3.8) is 0 Å². The fourth-order valence-corrected chi connectivity index (χ4v) is 1.67. The molecule has 13 heavy (non-hydrogen) atoms. The highest BCUT2D eigenvalue weighted by Gasteiger charge is 2.15. The van der Waals surface area contributed by atoms with Crippen molar-refractivity contribution in [1.29, 1.82) is 0 Å². The predicted octanol–water partition coefficient (Wildman–Crippen LogP) is 2.01. The molecule has 0 bridgehead atoms. The summed E-state index contributed by atoms with van der Waals surface area (Å²) in [4.78, 5) is 13.1. The third-order valence-corrected chi connectivity index (χ3v) is 2.55. The van der Waals surface area contributed by atoms with Gasteiger partial charge < -0.3 is 4.90 Å². The number of allylic oxidation sites excluding steroid dienone is 4. The fraction of sp³-hybridized carbons (Fsp3) is 0.364. The Morgan fingerprint density at radius 3 is 3.00 bits per heavy atom. The van der Waals surface area contributed by atoms with Crippen LogP contribution in [-0.2, 0) is 4.79 Å². The van der Waals surface area contributed by atoms with Crippen LogP contribution in [0.1, 0.15) is 19.3 Å². The Balaban J connectivity index is 2.32. The molecule has 0 aromatic rings. The molecule has 0 saturated carbocycles. The van der Waals surface area contributed by atoms with E-state index in [9.17, 15) is 4.79 Å². The van der Waals surface area contributed by atoms with Crippen molar-refractivity contribution in [2.75, 3.05) is 7.05 Å². The van der Waals surface area contributed by atoms with Crippen molar-refractivity contribution in [3.8, 4) is 0 Å². The summed E-state index contributed by atoms with van der Waals surface area (Å²) in [5, 5.41) is 0. The molecular weight excluding hydrogens is 162 g/mol. The van der Waals surface area contributed by atoms with Gasteiger partial charge in [0.25, 0.3) is 0 Å². The minimum Gasteiger partial charge on any atom is -0.322 e. The van der Waals surface area contributed by atoms with E-state index < -0.39 is 0 Å². The molecule has 0 spiro atoms. The molecule has 0 aromatic carbocycles. The van der Waals surface area contributed by atoms with E-state index in [4.69, 9.17) is 0 Å². The molecule has 0 fully saturated rings. The van der Waals surface area contributed by atoms with Crippen LogP contribution in [0.4, 0.5) is 0 Å². The molecule has 0 N–H and O–H groups in total. The highest BCUT2D eigenvalue weighted by atomic mass is 16.2.